The predicted molar refractivity (Wildman–Crippen MR) is 61.2 cm³/mol. The lowest BCUT2D eigenvalue weighted by molar-refractivity contribution is 0.602. The number of nitrogens with zero attached hydrogens (tertiary/aromatic N) is 3. The molecule has 0 aliphatic rings. The Bertz CT molecular complexity index is 557. The number of hydrogen-bond donors (Lipinski definition) is 1. The van der Waals surface area contributed by atoms with Crippen molar-refractivity contribution in [2.45, 2.75) is 0 Å². The number of aromatic nitrogens is 3. The summed E-state index contributed by atoms with van der Waals surface area (Å²) in [6.45, 7) is 0.315. The van der Waals surface area contributed by atoms with Crippen molar-refractivity contribution in [1.29, 1.82) is 0 Å². The summed E-state index contributed by atoms with van der Waals surface area (Å²) in [7, 11) is -2.95. The third kappa shape index (κ3) is 2.69. The van der Waals surface area contributed by atoms with Gasteiger partial charge in [0.25, 0.3) is 0 Å². The van der Waals surface area contributed by atoms with Crippen molar-refractivity contribution in [3.63, 3.8) is 0 Å². The van der Waals surface area contributed by atoms with Crippen molar-refractivity contribution in [2.75, 3.05) is 23.9 Å². The number of nitrogens with one attached hydrogen (secondary N) is 1. The van der Waals surface area contributed by atoms with Gasteiger partial charge in [0.15, 0.2) is 5.65 Å². The molecule has 16 heavy (non-hydrogen) atoms. The number of rotatable bonds is 4. The Morgan fingerprint density at radius 1 is 1.44 bits per heavy atom. The molecule has 0 aliphatic heterocycles. The van der Waals surface area contributed by atoms with E-state index in [2.05, 4.69) is 15.4 Å². The SMILES string of the molecule is CS(=O)(=O)CCNc1nc2ccccn2n1. The fraction of sp³-hybridized carbons (Fsp3) is 0.333. The molecule has 0 aliphatic carbocycles. The number of anilines is 1. The Hall–Kier alpha value is -1.63. The molecular formula is C9H12N4O2S. The van der Waals surface area contributed by atoms with E-state index in [9.17, 15) is 8.42 Å². The van der Waals surface area contributed by atoms with Gasteiger partial charge >= 0.3 is 0 Å². The molecule has 0 radical (unpaired) electrons. The molecule has 2 aromatic heterocycles. The zero-order valence-electron chi connectivity index (χ0n) is 8.79. The number of sulfone groups is 1. The molecule has 6 nitrogen and oxygen atoms in total. The highest BCUT2D eigenvalue weighted by Gasteiger charge is 2.04. The normalized spacial score (nSPS) is 11.8. The van der Waals surface area contributed by atoms with E-state index in [1.807, 2.05) is 18.2 Å². The van der Waals surface area contributed by atoms with E-state index in [0.717, 1.165) is 5.65 Å². The molecule has 2 rings (SSSR count). The highest BCUT2D eigenvalue weighted by molar-refractivity contribution is 7.90. The number of hydrogen-bond acceptors (Lipinski definition) is 5. The van der Waals surface area contributed by atoms with Crippen LogP contribution in [0.1, 0.15) is 0 Å². The van der Waals surface area contributed by atoms with E-state index in [4.69, 9.17) is 0 Å². The lowest BCUT2D eigenvalue weighted by atomic mass is 10.5. The van der Waals surface area contributed by atoms with E-state index in [1.165, 1.54) is 6.26 Å². The Labute approximate surface area is 93.2 Å². The van der Waals surface area contributed by atoms with Gasteiger partial charge in [-0.2, -0.15) is 4.98 Å². The molecular weight excluding hydrogens is 228 g/mol. The van der Waals surface area contributed by atoms with E-state index in [-0.39, 0.29) is 5.75 Å². The quantitative estimate of drug-likeness (QED) is 0.825. The fourth-order valence-electron chi connectivity index (χ4n) is 1.25. The summed E-state index contributed by atoms with van der Waals surface area (Å²) in [5.41, 5.74) is 0.726. The summed E-state index contributed by atoms with van der Waals surface area (Å²) >= 11 is 0. The first-order valence-corrected chi connectivity index (χ1v) is 6.84. The summed E-state index contributed by atoms with van der Waals surface area (Å²) in [6, 6.07) is 5.54. The molecule has 0 fully saturated rings. The fourth-order valence-corrected chi connectivity index (χ4v) is 1.73. The van der Waals surface area contributed by atoms with Crippen LogP contribution in [0.5, 0.6) is 0 Å². The van der Waals surface area contributed by atoms with Gasteiger partial charge < -0.3 is 5.32 Å². The maximum atomic E-state index is 10.9. The van der Waals surface area contributed by atoms with Crippen LogP contribution < -0.4 is 5.32 Å². The van der Waals surface area contributed by atoms with Gasteiger partial charge in [-0.3, -0.25) is 0 Å². The molecule has 86 valence electrons. The van der Waals surface area contributed by atoms with Crippen LogP contribution in [0, 0.1) is 0 Å². The molecule has 0 atom stereocenters. The van der Waals surface area contributed by atoms with Crippen molar-refractivity contribution in [2.24, 2.45) is 0 Å². The van der Waals surface area contributed by atoms with Crippen molar-refractivity contribution in [3.05, 3.63) is 24.4 Å². The van der Waals surface area contributed by atoms with Gasteiger partial charge in [-0.1, -0.05) is 6.07 Å². The summed E-state index contributed by atoms with van der Waals surface area (Å²) in [5, 5.41) is 7.00. The van der Waals surface area contributed by atoms with E-state index < -0.39 is 9.84 Å². The van der Waals surface area contributed by atoms with Crippen LogP contribution >= 0.6 is 0 Å². The molecule has 2 heterocycles. The van der Waals surface area contributed by atoms with Gasteiger partial charge in [-0.15, -0.1) is 5.10 Å². The van der Waals surface area contributed by atoms with Crippen LogP contribution in [-0.4, -0.2) is 41.6 Å². The molecule has 7 heteroatoms. The second kappa shape index (κ2) is 4.09. The average Bonchev–Trinajstić information content (AvgIpc) is 2.57. The minimum Gasteiger partial charge on any atom is -0.352 e. The van der Waals surface area contributed by atoms with Gasteiger partial charge in [-0.05, 0) is 12.1 Å². The van der Waals surface area contributed by atoms with Crippen molar-refractivity contribution in [3.8, 4) is 0 Å². The summed E-state index contributed by atoms with van der Waals surface area (Å²) in [6.07, 6.45) is 2.98. The standard InChI is InChI=1S/C9H12N4O2S/c1-16(14,15)7-5-10-9-11-8-4-2-3-6-13(8)12-9/h2-4,6H,5,7H2,1H3,(H,10,12). The maximum Gasteiger partial charge on any atom is 0.243 e. The molecule has 0 spiro atoms. The lowest BCUT2D eigenvalue weighted by Crippen LogP contribution is -2.14. The smallest absolute Gasteiger partial charge is 0.243 e. The average molecular weight is 240 g/mol. The first kappa shape index (κ1) is 10.9. The molecule has 0 unspecified atom stereocenters. The lowest BCUT2D eigenvalue weighted by Gasteiger charge is -1.98. The molecule has 0 aromatic carbocycles. The van der Waals surface area contributed by atoms with Gasteiger partial charge in [0, 0.05) is 19.0 Å². The van der Waals surface area contributed by atoms with E-state index in [1.54, 1.807) is 10.7 Å². The summed E-state index contributed by atoms with van der Waals surface area (Å²) in [5.74, 6) is 0.512. The molecule has 0 saturated heterocycles. The minimum absolute atomic E-state index is 0.0720. The molecule has 0 bridgehead atoms. The Balaban J connectivity index is 2.05. The zero-order valence-corrected chi connectivity index (χ0v) is 9.61. The van der Waals surface area contributed by atoms with Gasteiger partial charge in [-0.25, -0.2) is 12.9 Å². The van der Waals surface area contributed by atoms with Crippen LogP contribution in [-0.2, 0) is 9.84 Å². The zero-order chi connectivity index (χ0) is 11.6. The predicted octanol–water partition coefficient (Wildman–Crippen LogP) is 0.186. The van der Waals surface area contributed by atoms with Crippen LogP contribution in [0.3, 0.4) is 0 Å². The largest absolute Gasteiger partial charge is 0.352 e. The molecule has 0 saturated carbocycles. The van der Waals surface area contributed by atoms with E-state index >= 15 is 0 Å². The first-order valence-electron chi connectivity index (χ1n) is 4.78. The second-order valence-electron chi connectivity index (χ2n) is 3.50. The third-order valence-corrected chi connectivity index (χ3v) is 2.94. The van der Waals surface area contributed by atoms with Crippen LogP contribution in [0.25, 0.3) is 5.65 Å². The molecule has 0 amide bonds. The summed E-state index contributed by atoms with van der Waals surface area (Å²) in [4.78, 5) is 4.18. The number of pyridine rings is 1. The van der Waals surface area contributed by atoms with Crippen molar-refractivity contribution < 1.29 is 8.42 Å². The van der Waals surface area contributed by atoms with Crippen LogP contribution in [0.4, 0.5) is 5.95 Å². The maximum absolute atomic E-state index is 10.9. The minimum atomic E-state index is -2.95. The molecule has 2 aromatic rings. The van der Waals surface area contributed by atoms with Gasteiger partial charge in [0.2, 0.25) is 5.95 Å². The second-order valence-corrected chi connectivity index (χ2v) is 5.76. The van der Waals surface area contributed by atoms with Crippen LogP contribution in [0.2, 0.25) is 0 Å². The van der Waals surface area contributed by atoms with Crippen molar-refractivity contribution in [1.82, 2.24) is 14.6 Å². The van der Waals surface area contributed by atoms with E-state index in [0.29, 0.717) is 12.5 Å². The number of fused-ring (bicyclic) bond motifs is 1. The first-order chi connectivity index (χ1) is 7.54. The Morgan fingerprint density at radius 3 is 2.94 bits per heavy atom. The van der Waals surface area contributed by atoms with Crippen LogP contribution in [0.15, 0.2) is 24.4 Å². The highest BCUT2D eigenvalue weighted by atomic mass is 32.2. The van der Waals surface area contributed by atoms with Gasteiger partial charge in [0.05, 0.1) is 5.75 Å². The third-order valence-electron chi connectivity index (χ3n) is 2.00. The van der Waals surface area contributed by atoms with Crippen molar-refractivity contribution >= 4 is 21.4 Å². The Kier molecular flexibility index (Phi) is 2.78. The Morgan fingerprint density at radius 2 is 2.25 bits per heavy atom. The van der Waals surface area contributed by atoms with Gasteiger partial charge in [0.1, 0.15) is 9.84 Å². The monoisotopic (exact) mass is 240 g/mol. The summed E-state index contributed by atoms with van der Waals surface area (Å²) < 4.78 is 23.4. The topological polar surface area (TPSA) is 76.4 Å². The highest BCUT2D eigenvalue weighted by Crippen LogP contribution is 2.03. The molecule has 1 N–H and O–H groups in total.